The topological polar surface area (TPSA) is 35.5 Å². The Hall–Kier alpha value is -0.570. The Morgan fingerprint density at radius 2 is 2.11 bits per heavy atom. The summed E-state index contributed by atoms with van der Waals surface area (Å²) >= 11 is 0. The van der Waals surface area contributed by atoms with Gasteiger partial charge in [-0.3, -0.25) is 4.79 Å². The highest BCUT2D eigenvalue weighted by Gasteiger charge is 1.83. The van der Waals surface area contributed by atoms with Crippen molar-refractivity contribution >= 4 is 6.47 Å². The van der Waals surface area contributed by atoms with Crippen LogP contribution in [0, 0.1) is 0 Å². The molecule has 54 valence electrons. The van der Waals surface area contributed by atoms with Gasteiger partial charge in [0.1, 0.15) is 6.61 Å². The number of ether oxygens (including phenoxy) is 2. The lowest BCUT2D eigenvalue weighted by Gasteiger charge is -1.98. The molecule has 0 heterocycles. The van der Waals surface area contributed by atoms with Crippen molar-refractivity contribution in [2.45, 2.75) is 13.3 Å². The van der Waals surface area contributed by atoms with Gasteiger partial charge in [0.25, 0.3) is 6.47 Å². The fourth-order valence-electron chi connectivity index (χ4n) is 0.402. The quantitative estimate of drug-likeness (QED) is 0.392. The van der Waals surface area contributed by atoms with Crippen LogP contribution in [0.25, 0.3) is 0 Å². The van der Waals surface area contributed by atoms with E-state index in [2.05, 4.69) is 4.74 Å². The van der Waals surface area contributed by atoms with Crippen molar-refractivity contribution < 1.29 is 14.3 Å². The first-order valence-corrected chi connectivity index (χ1v) is 3.04. The molecule has 0 N–H and O–H groups in total. The Balaban J connectivity index is 2.66. The van der Waals surface area contributed by atoms with Gasteiger partial charge in [0.05, 0.1) is 6.61 Å². The van der Waals surface area contributed by atoms with Crippen LogP contribution in [-0.2, 0) is 14.3 Å². The zero-order chi connectivity index (χ0) is 6.95. The van der Waals surface area contributed by atoms with E-state index in [4.69, 9.17) is 4.74 Å². The van der Waals surface area contributed by atoms with E-state index in [9.17, 15) is 4.79 Å². The normalized spacial score (nSPS) is 9.00. The molecule has 0 aromatic rings. The number of hydrogen-bond acceptors (Lipinski definition) is 3. The number of hydrogen-bond donors (Lipinski definition) is 0. The molecule has 0 aromatic carbocycles. The maximum Gasteiger partial charge on any atom is 0.293 e. The summed E-state index contributed by atoms with van der Waals surface area (Å²) < 4.78 is 9.38. The lowest BCUT2D eigenvalue weighted by Crippen LogP contribution is -2.03. The van der Waals surface area contributed by atoms with E-state index >= 15 is 0 Å². The summed E-state index contributed by atoms with van der Waals surface area (Å²) in [6.07, 6.45) is 1.00. The van der Waals surface area contributed by atoms with E-state index in [1.54, 1.807) is 0 Å². The Bertz CT molecular complexity index is 63.3. The molecular formula is C6H12O3. The molecule has 0 saturated carbocycles. The molecule has 0 aliphatic rings. The molecule has 0 aromatic heterocycles. The van der Waals surface area contributed by atoms with Gasteiger partial charge in [0.2, 0.25) is 0 Å². The van der Waals surface area contributed by atoms with Crippen LogP contribution in [0.4, 0.5) is 0 Å². The maximum absolute atomic E-state index is 9.56. The monoisotopic (exact) mass is 132 g/mol. The van der Waals surface area contributed by atoms with E-state index < -0.39 is 0 Å². The first-order chi connectivity index (χ1) is 4.41. The van der Waals surface area contributed by atoms with Crippen molar-refractivity contribution in [3.8, 4) is 0 Å². The molecule has 3 heteroatoms. The van der Waals surface area contributed by atoms with Crippen LogP contribution < -0.4 is 0 Å². The lowest BCUT2D eigenvalue weighted by molar-refractivity contribution is -0.130. The van der Waals surface area contributed by atoms with E-state index in [-0.39, 0.29) is 0 Å². The van der Waals surface area contributed by atoms with Gasteiger partial charge in [-0.1, -0.05) is 6.92 Å². The summed E-state index contributed by atoms with van der Waals surface area (Å²) in [7, 11) is 0. The fourth-order valence-corrected chi connectivity index (χ4v) is 0.402. The van der Waals surface area contributed by atoms with Gasteiger partial charge in [-0.25, -0.2) is 0 Å². The van der Waals surface area contributed by atoms with Crippen LogP contribution in [0.15, 0.2) is 0 Å². The SMILES string of the molecule is CCCOCCOC=O. The van der Waals surface area contributed by atoms with Crippen LogP contribution in [0.2, 0.25) is 0 Å². The van der Waals surface area contributed by atoms with Crippen molar-refractivity contribution in [1.82, 2.24) is 0 Å². The Morgan fingerprint density at radius 1 is 1.33 bits per heavy atom. The molecule has 0 atom stereocenters. The van der Waals surface area contributed by atoms with Crippen LogP contribution in [0.1, 0.15) is 13.3 Å². The second kappa shape index (κ2) is 7.43. The van der Waals surface area contributed by atoms with Crippen molar-refractivity contribution in [3.05, 3.63) is 0 Å². The minimum atomic E-state index is 0.365. The molecule has 3 nitrogen and oxygen atoms in total. The van der Waals surface area contributed by atoms with Gasteiger partial charge < -0.3 is 9.47 Å². The van der Waals surface area contributed by atoms with Gasteiger partial charge in [0, 0.05) is 6.61 Å². The largest absolute Gasteiger partial charge is 0.465 e. The average Bonchev–Trinajstić information content (AvgIpc) is 1.89. The van der Waals surface area contributed by atoms with E-state index in [1.165, 1.54) is 0 Å². The summed E-state index contributed by atoms with van der Waals surface area (Å²) in [5.74, 6) is 0. The Kier molecular flexibility index (Phi) is 6.96. The predicted octanol–water partition coefficient (Wildman–Crippen LogP) is 0.586. The van der Waals surface area contributed by atoms with Crippen LogP contribution >= 0.6 is 0 Å². The average molecular weight is 132 g/mol. The van der Waals surface area contributed by atoms with Gasteiger partial charge >= 0.3 is 0 Å². The zero-order valence-corrected chi connectivity index (χ0v) is 5.63. The Labute approximate surface area is 55.0 Å². The highest BCUT2D eigenvalue weighted by Crippen LogP contribution is 1.79. The first-order valence-electron chi connectivity index (χ1n) is 3.04. The van der Waals surface area contributed by atoms with E-state index in [0.717, 1.165) is 13.0 Å². The first kappa shape index (κ1) is 8.43. The summed E-state index contributed by atoms with van der Waals surface area (Å²) in [5, 5.41) is 0. The Morgan fingerprint density at radius 3 is 2.67 bits per heavy atom. The number of rotatable bonds is 6. The molecule has 0 aliphatic heterocycles. The maximum atomic E-state index is 9.56. The van der Waals surface area contributed by atoms with E-state index in [0.29, 0.717) is 19.7 Å². The smallest absolute Gasteiger partial charge is 0.293 e. The molecule has 0 bridgehead atoms. The van der Waals surface area contributed by atoms with Crippen LogP contribution in [0.5, 0.6) is 0 Å². The summed E-state index contributed by atoms with van der Waals surface area (Å²) in [6.45, 7) is 4.06. The van der Waals surface area contributed by atoms with Crippen molar-refractivity contribution in [2.75, 3.05) is 19.8 Å². The molecule has 0 amide bonds. The van der Waals surface area contributed by atoms with Crippen molar-refractivity contribution in [1.29, 1.82) is 0 Å². The number of carbonyl (C=O) groups excluding carboxylic acids is 1. The van der Waals surface area contributed by atoms with Gasteiger partial charge in [-0.05, 0) is 6.42 Å². The molecular weight excluding hydrogens is 120 g/mol. The minimum absolute atomic E-state index is 0.365. The fraction of sp³-hybridized carbons (Fsp3) is 0.833. The van der Waals surface area contributed by atoms with Gasteiger partial charge in [-0.2, -0.15) is 0 Å². The number of carbonyl (C=O) groups is 1. The molecule has 9 heavy (non-hydrogen) atoms. The highest BCUT2D eigenvalue weighted by molar-refractivity contribution is 5.36. The second-order valence-electron chi connectivity index (χ2n) is 1.58. The van der Waals surface area contributed by atoms with Crippen LogP contribution in [0.3, 0.4) is 0 Å². The lowest BCUT2D eigenvalue weighted by atomic mass is 10.5. The van der Waals surface area contributed by atoms with Crippen molar-refractivity contribution in [2.24, 2.45) is 0 Å². The van der Waals surface area contributed by atoms with Crippen molar-refractivity contribution in [3.63, 3.8) is 0 Å². The predicted molar refractivity (Wildman–Crippen MR) is 33.1 cm³/mol. The van der Waals surface area contributed by atoms with Gasteiger partial charge in [0.15, 0.2) is 0 Å². The molecule has 0 fully saturated rings. The molecule has 0 unspecified atom stereocenters. The standard InChI is InChI=1S/C6H12O3/c1-2-3-8-4-5-9-6-7/h6H,2-5H2,1H3. The second-order valence-corrected chi connectivity index (χ2v) is 1.58. The summed E-state index contributed by atoms with van der Waals surface area (Å²) in [4.78, 5) is 9.56. The third-order valence-electron chi connectivity index (χ3n) is 0.762. The minimum Gasteiger partial charge on any atom is -0.465 e. The summed E-state index contributed by atoms with van der Waals surface area (Å²) in [6, 6.07) is 0. The molecule has 0 aliphatic carbocycles. The van der Waals surface area contributed by atoms with Gasteiger partial charge in [-0.15, -0.1) is 0 Å². The van der Waals surface area contributed by atoms with E-state index in [1.807, 2.05) is 6.92 Å². The summed E-state index contributed by atoms with van der Waals surface area (Å²) in [5.41, 5.74) is 0. The third-order valence-corrected chi connectivity index (χ3v) is 0.762. The van der Waals surface area contributed by atoms with Crippen LogP contribution in [-0.4, -0.2) is 26.3 Å². The molecule has 0 radical (unpaired) electrons. The molecule has 0 saturated heterocycles. The molecule has 0 spiro atoms. The highest BCUT2D eigenvalue weighted by atomic mass is 16.5. The molecule has 0 rings (SSSR count). The zero-order valence-electron chi connectivity index (χ0n) is 5.63. The third kappa shape index (κ3) is 7.43.